The van der Waals surface area contributed by atoms with Crippen LogP contribution < -0.4 is 0 Å². The number of aliphatic hydroxyl groups is 1. The van der Waals surface area contributed by atoms with Gasteiger partial charge in [-0.2, -0.15) is 0 Å². The molecule has 0 aromatic heterocycles. The Bertz CT molecular complexity index is 2900. The molecule has 0 amide bonds. The number of carbonyl (C=O) groups excluding carboxylic acids is 4. The summed E-state index contributed by atoms with van der Waals surface area (Å²) in [5, 5.41) is 11.9. The maximum Gasteiger partial charge on any atom is 0.338 e. The van der Waals surface area contributed by atoms with E-state index in [4.69, 9.17) is 47.4 Å². The Labute approximate surface area is 439 Å². The second-order valence-corrected chi connectivity index (χ2v) is 17.9. The fourth-order valence-electron chi connectivity index (χ4n) is 8.75. The van der Waals surface area contributed by atoms with E-state index < -0.39 is 98.5 Å². The van der Waals surface area contributed by atoms with Gasteiger partial charge in [-0.1, -0.05) is 164 Å². The summed E-state index contributed by atoms with van der Waals surface area (Å²) in [5.74, 6) is -3.33. The summed E-state index contributed by atoms with van der Waals surface area (Å²) < 4.78 is 64.1. The van der Waals surface area contributed by atoms with E-state index in [1.54, 1.807) is 84.9 Å². The highest BCUT2D eigenvalue weighted by Crippen LogP contribution is 2.35. The van der Waals surface area contributed by atoms with Crippen LogP contribution in [0.3, 0.4) is 0 Å². The van der Waals surface area contributed by atoms with Crippen LogP contribution in [0.15, 0.2) is 212 Å². The highest BCUT2D eigenvalue weighted by molar-refractivity contribution is 5.91. The number of rotatable bonds is 21. The molecule has 76 heavy (non-hydrogen) atoms. The van der Waals surface area contributed by atoms with Gasteiger partial charge >= 0.3 is 23.9 Å². The first-order valence-electron chi connectivity index (χ1n) is 24.8. The standard InChI is InChI=1S/C61H56O15/c62-56(44-28-14-4-15-29-44)70-39-49-51(74-57(63)45-30-16-5-17-31-45)53(75-58(64)46-32-18-6-19-33-46)55(76-59(65)47-34-20-7-21-35-47)61(73-49)71-40-48-50(67-36-41-22-8-1-9-23-41)52(68-37-42-24-10-2-11-25-42)54(60(66)72-48)69-38-43-26-12-3-13-27-43/h1-35,48-55,60-61,66H,36-40H2. The molecule has 7 aromatic carbocycles. The number of carbonyl (C=O) groups is 4. The molecule has 10 atom stereocenters. The van der Waals surface area contributed by atoms with Crippen LogP contribution in [0.1, 0.15) is 58.1 Å². The summed E-state index contributed by atoms with van der Waals surface area (Å²) in [6.45, 7) is -0.732. The van der Waals surface area contributed by atoms with Crippen molar-refractivity contribution in [2.75, 3.05) is 13.2 Å². The minimum absolute atomic E-state index is 0.0795. The number of hydrogen-bond donors (Lipinski definition) is 1. The number of hydrogen-bond acceptors (Lipinski definition) is 15. The Hall–Kier alpha value is -7.86. The smallest absolute Gasteiger partial charge is 0.338 e. The van der Waals surface area contributed by atoms with Gasteiger partial charge in [0, 0.05) is 0 Å². The van der Waals surface area contributed by atoms with Gasteiger partial charge in [-0.05, 0) is 65.2 Å². The predicted molar refractivity (Wildman–Crippen MR) is 274 cm³/mol. The lowest BCUT2D eigenvalue weighted by Gasteiger charge is -2.46. The third-order valence-electron chi connectivity index (χ3n) is 12.6. The SMILES string of the molecule is O=C(OCC1OC(OCC2OC(O)C(OCc3ccccc3)C(OCc3ccccc3)C2OCc2ccccc2)C(OC(=O)c2ccccc2)C(OC(=O)c2ccccc2)C1OC(=O)c1ccccc1)c1ccccc1. The van der Waals surface area contributed by atoms with Crippen LogP contribution >= 0.6 is 0 Å². The van der Waals surface area contributed by atoms with E-state index in [9.17, 15) is 24.3 Å². The van der Waals surface area contributed by atoms with Crippen molar-refractivity contribution in [3.63, 3.8) is 0 Å². The Kier molecular flexibility index (Phi) is 18.5. The molecule has 2 heterocycles. The molecule has 1 N–H and O–H groups in total. The van der Waals surface area contributed by atoms with Crippen LogP contribution in [0, 0.1) is 0 Å². The van der Waals surface area contributed by atoms with Crippen LogP contribution in [0.4, 0.5) is 0 Å². The molecule has 15 heteroatoms. The zero-order valence-corrected chi connectivity index (χ0v) is 41.2. The quantitative estimate of drug-likeness (QED) is 0.0533. The first kappa shape index (κ1) is 53.0. The van der Waals surface area contributed by atoms with Crippen LogP contribution in [0.5, 0.6) is 0 Å². The van der Waals surface area contributed by atoms with Crippen molar-refractivity contribution in [3.05, 3.63) is 251 Å². The van der Waals surface area contributed by atoms with Gasteiger partial charge in [0.05, 0.1) is 48.7 Å². The van der Waals surface area contributed by atoms with E-state index in [-0.39, 0.29) is 42.1 Å². The Morgan fingerprint density at radius 2 is 0.684 bits per heavy atom. The second kappa shape index (κ2) is 26.6. The molecular weight excluding hydrogens is 973 g/mol. The normalized spacial score (nSPS) is 23.1. The lowest BCUT2D eigenvalue weighted by atomic mass is 9.96. The van der Waals surface area contributed by atoms with E-state index in [0.29, 0.717) is 0 Å². The summed E-state index contributed by atoms with van der Waals surface area (Å²) in [4.78, 5) is 56.2. The minimum atomic E-state index is -1.70. The van der Waals surface area contributed by atoms with Gasteiger partial charge in [-0.15, -0.1) is 0 Å². The van der Waals surface area contributed by atoms with Crippen LogP contribution in [-0.2, 0) is 67.2 Å². The van der Waals surface area contributed by atoms with Crippen LogP contribution in [0.2, 0.25) is 0 Å². The van der Waals surface area contributed by atoms with E-state index in [1.807, 2.05) is 91.0 Å². The Morgan fingerprint density at radius 3 is 1.12 bits per heavy atom. The van der Waals surface area contributed by atoms with Crippen LogP contribution in [0.25, 0.3) is 0 Å². The molecule has 7 aromatic rings. The summed E-state index contributed by atoms with van der Waals surface area (Å²) in [5.41, 5.74) is 3.11. The third-order valence-corrected chi connectivity index (χ3v) is 12.6. The Morgan fingerprint density at radius 1 is 0.342 bits per heavy atom. The molecule has 2 aliphatic rings. The van der Waals surface area contributed by atoms with Gasteiger partial charge in [0.1, 0.15) is 37.1 Å². The fourth-order valence-corrected chi connectivity index (χ4v) is 8.75. The molecule has 2 aliphatic heterocycles. The molecule has 2 fully saturated rings. The fraction of sp³-hybridized carbons (Fsp3) is 0.246. The lowest BCUT2D eigenvalue weighted by Crippen LogP contribution is -2.64. The monoisotopic (exact) mass is 1030 g/mol. The number of benzene rings is 7. The highest BCUT2D eigenvalue weighted by Gasteiger charge is 2.55. The first-order valence-corrected chi connectivity index (χ1v) is 24.8. The number of aliphatic hydroxyl groups excluding tert-OH is 1. The van der Waals surface area contributed by atoms with Gasteiger partial charge < -0.3 is 52.5 Å². The second-order valence-electron chi connectivity index (χ2n) is 17.9. The lowest BCUT2D eigenvalue weighted by molar-refractivity contribution is -0.337. The summed E-state index contributed by atoms with van der Waals surface area (Å²) in [6, 6.07) is 60.8. The van der Waals surface area contributed by atoms with Gasteiger partial charge in [0.25, 0.3) is 0 Å². The first-order chi connectivity index (χ1) is 37.3. The number of esters is 4. The molecule has 0 saturated carbocycles. The maximum absolute atomic E-state index is 14.3. The van der Waals surface area contributed by atoms with E-state index in [1.165, 1.54) is 36.4 Å². The van der Waals surface area contributed by atoms with E-state index in [2.05, 4.69) is 0 Å². The zero-order valence-electron chi connectivity index (χ0n) is 41.2. The van der Waals surface area contributed by atoms with Crippen molar-refractivity contribution in [2.45, 2.75) is 81.2 Å². The van der Waals surface area contributed by atoms with Gasteiger partial charge in [-0.3, -0.25) is 0 Å². The molecule has 2 saturated heterocycles. The molecule has 390 valence electrons. The summed E-state index contributed by atoms with van der Waals surface area (Å²) in [6.07, 6.45) is -14.0. The molecule has 15 nitrogen and oxygen atoms in total. The van der Waals surface area contributed by atoms with Crippen molar-refractivity contribution in [2.24, 2.45) is 0 Å². The van der Waals surface area contributed by atoms with Crippen molar-refractivity contribution in [1.29, 1.82) is 0 Å². The van der Waals surface area contributed by atoms with E-state index in [0.717, 1.165) is 16.7 Å². The summed E-state index contributed by atoms with van der Waals surface area (Å²) in [7, 11) is 0. The highest BCUT2D eigenvalue weighted by atomic mass is 16.7. The molecular formula is C61H56O15. The molecule has 10 unspecified atom stereocenters. The topological polar surface area (TPSA) is 181 Å². The van der Waals surface area contributed by atoms with Gasteiger partial charge in [-0.25, -0.2) is 19.2 Å². The largest absolute Gasteiger partial charge is 0.459 e. The van der Waals surface area contributed by atoms with Crippen LogP contribution in [-0.4, -0.2) is 104 Å². The van der Waals surface area contributed by atoms with Crippen molar-refractivity contribution < 1.29 is 71.7 Å². The average Bonchev–Trinajstić information content (AvgIpc) is 3.50. The Balaban J connectivity index is 1.09. The van der Waals surface area contributed by atoms with Crippen molar-refractivity contribution >= 4 is 23.9 Å². The predicted octanol–water partition coefficient (Wildman–Crippen LogP) is 8.74. The third kappa shape index (κ3) is 14.1. The molecule has 0 spiro atoms. The minimum Gasteiger partial charge on any atom is -0.459 e. The maximum atomic E-state index is 14.3. The van der Waals surface area contributed by atoms with Gasteiger partial charge in [0.2, 0.25) is 0 Å². The molecule has 0 bridgehead atoms. The molecule has 0 aliphatic carbocycles. The molecule has 9 rings (SSSR count). The van der Waals surface area contributed by atoms with E-state index >= 15 is 0 Å². The zero-order chi connectivity index (χ0) is 52.5. The van der Waals surface area contributed by atoms with Crippen molar-refractivity contribution in [3.8, 4) is 0 Å². The molecule has 0 radical (unpaired) electrons. The van der Waals surface area contributed by atoms with Gasteiger partial charge in [0.15, 0.2) is 30.9 Å². The van der Waals surface area contributed by atoms with Crippen molar-refractivity contribution in [1.82, 2.24) is 0 Å². The summed E-state index contributed by atoms with van der Waals surface area (Å²) >= 11 is 0. The number of ether oxygens (including phenoxy) is 10. The average molecular weight is 1030 g/mol.